The molecule has 1 aromatic carbocycles. The fourth-order valence-corrected chi connectivity index (χ4v) is 2.57. The molecule has 0 aromatic heterocycles. The molecule has 0 aliphatic rings. The van der Waals surface area contributed by atoms with Gasteiger partial charge in [0.2, 0.25) is 0 Å². The van der Waals surface area contributed by atoms with E-state index in [4.69, 9.17) is 39.6 Å². The van der Waals surface area contributed by atoms with Gasteiger partial charge in [0.1, 0.15) is 5.75 Å². The number of nitrogens with zero attached hydrogens (tertiary/aromatic N) is 1. The average molecular weight is 431 g/mol. The van der Waals surface area contributed by atoms with Crippen molar-refractivity contribution in [2.45, 2.75) is 20.0 Å². The van der Waals surface area contributed by atoms with Crippen LogP contribution in [0.1, 0.15) is 13.8 Å². The van der Waals surface area contributed by atoms with Gasteiger partial charge in [-0.15, -0.1) is 0 Å². The molecule has 0 aliphatic carbocycles. The lowest BCUT2D eigenvalue weighted by atomic mass is 10.2. The van der Waals surface area contributed by atoms with Gasteiger partial charge in [0.05, 0.1) is 77.9 Å². The highest BCUT2D eigenvalue weighted by Crippen LogP contribution is 2.28. The Bertz CT molecular complexity index is 528. The Labute approximate surface area is 179 Å². The summed E-state index contributed by atoms with van der Waals surface area (Å²) in [5.74, 6) is 0.657. The highest BCUT2D eigenvalue weighted by molar-refractivity contribution is 5.62. The van der Waals surface area contributed by atoms with E-state index in [0.29, 0.717) is 77.4 Å². The zero-order chi connectivity index (χ0) is 22.0. The SMILES string of the molecule is CC(C)Oc1cc(N(CCOCCOCCO)CCOCCOCCO)ccc1N. The molecule has 0 fully saturated rings. The van der Waals surface area contributed by atoms with Crippen LogP contribution in [0.5, 0.6) is 5.75 Å². The van der Waals surface area contributed by atoms with Crippen molar-refractivity contribution < 1.29 is 33.9 Å². The number of aliphatic hydroxyl groups is 2. The van der Waals surface area contributed by atoms with E-state index >= 15 is 0 Å². The van der Waals surface area contributed by atoms with Gasteiger partial charge in [0.25, 0.3) is 0 Å². The Morgan fingerprint density at radius 3 is 1.77 bits per heavy atom. The molecule has 0 spiro atoms. The minimum atomic E-state index is 0.0107. The third-order valence-corrected chi connectivity index (χ3v) is 3.95. The first-order chi connectivity index (χ1) is 14.6. The van der Waals surface area contributed by atoms with Crippen molar-refractivity contribution in [3.63, 3.8) is 0 Å². The van der Waals surface area contributed by atoms with Crippen molar-refractivity contribution in [3.05, 3.63) is 18.2 Å². The standard InChI is InChI=1S/C21H38N2O7/c1-18(2)30-21-17-19(3-4-20(21)22)23(5-9-26-13-15-28-11-7-24)6-10-27-14-16-29-12-8-25/h3-4,17-18,24-25H,5-16,22H2,1-2H3. The number of hydrogen-bond donors (Lipinski definition) is 3. The molecule has 0 saturated heterocycles. The molecular formula is C21H38N2O7. The molecule has 0 aliphatic heterocycles. The summed E-state index contributed by atoms with van der Waals surface area (Å²) in [6, 6.07) is 5.73. The number of hydrogen-bond acceptors (Lipinski definition) is 9. The molecule has 0 amide bonds. The molecule has 174 valence electrons. The highest BCUT2D eigenvalue weighted by Gasteiger charge is 2.11. The summed E-state index contributed by atoms with van der Waals surface area (Å²) < 4.78 is 27.5. The van der Waals surface area contributed by atoms with E-state index in [1.807, 2.05) is 32.0 Å². The van der Waals surface area contributed by atoms with Crippen molar-refractivity contribution >= 4 is 11.4 Å². The number of aliphatic hydroxyl groups excluding tert-OH is 2. The normalized spacial score (nSPS) is 11.2. The Hall–Kier alpha value is -1.62. The van der Waals surface area contributed by atoms with E-state index in [-0.39, 0.29) is 19.3 Å². The Balaban J connectivity index is 2.56. The monoisotopic (exact) mass is 430 g/mol. The number of anilines is 2. The van der Waals surface area contributed by atoms with Crippen LogP contribution in [0.15, 0.2) is 18.2 Å². The topological polar surface area (TPSA) is 116 Å². The summed E-state index contributed by atoms with van der Waals surface area (Å²) in [6.45, 7) is 8.78. The second-order valence-electron chi connectivity index (χ2n) is 6.77. The molecule has 9 heteroatoms. The fraction of sp³-hybridized carbons (Fsp3) is 0.714. The van der Waals surface area contributed by atoms with E-state index in [1.165, 1.54) is 0 Å². The van der Waals surface area contributed by atoms with Crippen molar-refractivity contribution in [1.82, 2.24) is 0 Å². The summed E-state index contributed by atoms with van der Waals surface area (Å²) in [7, 11) is 0. The number of benzene rings is 1. The Morgan fingerprint density at radius 1 is 0.800 bits per heavy atom. The van der Waals surface area contributed by atoms with Crippen molar-refractivity contribution in [3.8, 4) is 5.75 Å². The zero-order valence-corrected chi connectivity index (χ0v) is 18.3. The first-order valence-electron chi connectivity index (χ1n) is 10.4. The molecule has 9 nitrogen and oxygen atoms in total. The molecule has 30 heavy (non-hydrogen) atoms. The van der Waals surface area contributed by atoms with Crippen molar-refractivity contribution in [1.29, 1.82) is 0 Å². The van der Waals surface area contributed by atoms with E-state index in [9.17, 15) is 0 Å². The minimum Gasteiger partial charge on any atom is -0.489 e. The number of nitrogen functional groups attached to an aromatic ring is 1. The van der Waals surface area contributed by atoms with Gasteiger partial charge in [-0.3, -0.25) is 0 Å². The molecule has 0 bridgehead atoms. The summed E-state index contributed by atoms with van der Waals surface area (Å²) in [6.07, 6.45) is 0.0282. The van der Waals surface area contributed by atoms with Crippen molar-refractivity contribution in [2.75, 3.05) is 89.8 Å². The Kier molecular flexibility index (Phi) is 15.1. The van der Waals surface area contributed by atoms with Gasteiger partial charge in [-0.1, -0.05) is 0 Å². The average Bonchev–Trinajstić information content (AvgIpc) is 2.72. The molecular weight excluding hydrogens is 392 g/mol. The van der Waals surface area contributed by atoms with Gasteiger partial charge in [-0.25, -0.2) is 0 Å². The second-order valence-corrected chi connectivity index (χ2v) is 6.77. The van der Waals surface area contributed by atoms with Crippen LogP contribution >= 0.6 is 0 Å². The molecule has 1 rings (SSSR count). The predicted octanol–water partition coefficient (Wildman–Crippen LogP) is 0.913. The van der Waals surface area contributed by atoms with Crippen LogP contribution < -0.4 is 15.4 Å². The van der Waals surface area contributed by atoms with Crippen molar-refractivity contribution in [2.24, 2.45) is 0 Å². The first kappa shape index (κ1) is 26.4. The summed E-state index contributed by atoms with van der Waals surface area (Å²) in [5.41, 5.74) is 7.61. The number of ether oxygens (including phenoxy) is 5. The quantitative estimate of drug-likeness (QED) is 0.218. The highest BCUT2D eigenvalue weighted by atomic mass is 16.5. The molecule has 1 aromatic rings. The lowest BCUT2D eigenvalue weighted by Crippen LogP contribution is -2.31. The molecule has 0 unspecified atom stereocenters. The van der Waals surface area contributed by atoms with Crippen LogP contribution in [0.3, 0.4) is 0 Å². The maximum Gasteiger partial charge on any atom is 0.144 e. The van der Waals surface area contributed by atoms with Gasteiger partial charge in [-0.05, 0) is 26.0 Å². The summed E-state index contributed by atoms with van der Waals surface area (Å²) >= 11 is 0. The van der Waals surface area contributed by atoms with E-state index in [1.54, 1.807) is 0 Å². The lowest BCUT2D eigenvalue weighted by Gasteiger charge is -2.26. The smallest absolute Gasteiger partial charge is 0.144 e. The van der Waals surface area contributed by atoms with Crippen LogP contribution in [0.4, 0.5) is 11.4 Å². The van der Waals surface area contributed by atoms with Crippen LogP contribution in [-0.2, 0) is 18.9 Å². The third kappa shape index (κ3) is 12.2. The van der Waals surface area contributed by atoms with E-state index in [2.05, 4.69) is 4.90 Å². The van der Waals surface area contributed by atoms with Crippen LogP contribution in [-0.4, -0.2) is 95.5 Å². The van der Waals surface area contributed by atoms with Crippen LogP contribution in [0.25, 0.3) is 0 Å². The van der Waals surface area contributed by atoms with Gasteiger partial charge < -0.3 is 44.5 Å². The van der Waals surface area contributed by atoms with Gasteiger partial charge in [0, 0.05) is 24.8 Å². The largest absolute Gasteiger partial charge is 0.489 e. The maximum absolute atomic E-state index is 8.70. The fourth-order valence-electron chi connectivity index (χ4n) is 2.57. The predicted molar refractivity (Wildman–Crippen MR) is 116 cm³/mol. The first-order valence-corrected chi connectivity index (χ1v) is 10.4. The number of nitrogens with two attached hydrogens (primary N) is 1. The van der Waals surface area contributed by atoms with E-state index < -0.39 is 0 Å². The van der Waals surface area contributed by atoms with Gasteiger partial charge in [-0.2, -0.15) is 0 Å². The van der Waals surface area contributed by atoms with Crippen LogP contribution in [0, 0.1) is 0 Å². The lowest BCUT2D eigenvalue weighted by molar-refractivity contribution is 0.0316. The number of rotatable bonds is 19. The third-order valence-electron chi connectivity index (χ3n) is 3.95. The minimum absolute atomic E-state index is 0.0107. The molecule has 4 N–H and O–H groups in total. The van der Waals surface area contributed by atoms with Gasteiger partial charge in [0.15, 0.2) is 0 Å². The molecule has 0 radical (unpaired) electrons. The summed E-state index contributed by atoms with van der Waals surface area (Å²) in [5, 5.41) is 17.4. The van der Waals surface area contributed by atoms with E-state index in [0.717, 1.165) is 5.69 Å². The van der Waals surface area contributed by atoms with Gasteiger partial charge >= 0.3 is 0 Å². The summed E-state index contributed by atoms with van der Waals surface area (Å²) in [4.78, 5) is 2.15. The molecule has 0 saturated carbocycles. The zero-order valence-electron chi connectivity index (χ0n) is 18.3. The van der Waals surface area contributed by atoms with Crippen LogP contribution in [0.2, 0.25) is 0 Å². The maximum atomic E-state index is 8.70. The molecule has 0 atom stereocenters. The second kappa shape index (κ2) is 17.1. The molecule has 0 heterocycles. The Morgan fingerprint density at radius 2 is 1.30 bits per heavy atom.